The Morgan fingerprint density at radius 3 is 2.30 bits per heavy atom. The fourth-order valence-electron chi connectivity index (χ4n) is 4.31. The van der Waals surface area contributed by atoms with Crippen molar-refractivity contribution in [3.05, 3.63) is 64.6 Å². The first-order valence-corrected chi connectivity index (χ1v) is 11.3. The van der Waals surface area contributed by atoms with Crippen molar-refractivity contribution < 1.29 is 19.3 Å². The summed E-state index contributed by atoms with van der Waals surface area (Å²) in [4.78, 5) is 12.2. The molecular weight excluding hydrogens is 465 g/mol. The largest absolute Gasteiger partial charge is 0.456 e. The minimum atomic E-state index is -0.631. The number of pyridine rings is 1. The molecule has 2 fully saturated rings. The Balaban J connectivity index is 1.25. The number of nitrogens with zero attached hydrogens (tertiary/aromatic N) is 2. The molecule has 168 valence electrons. The molecule has 2 aliphatic rings. The summed E-state index contributed by atoms with van der Waals surface area (Å²) in [5.74, 6) is 0. The van der Waals surface area contributed by atoms with Gasteiger partial charge in [0.05, 0.1) is 29.4 Å². The van der Waals surface area contributed by atoms with Crippen LogP contribution in [0.4, 0.5) is 0 Å². The number of hydrogen-bond donors (Lipinski definition) is 2. The highest BCUT2D eigenvalue weighted by atomic mass is 35.5. The Kier molecular flexibility index (Phi) is 5.24. The zero-order valence-electron chi connectivity index (χ0n) is 17.2. The molecule has 0 amide bonds. The fourth-order valence-corrected chi connectivity index (χ4v) is 4.69. The van der Waals surface area contributed by atoms with E-state index in [1.54, 1.807) is 6.07 Å². The second kappa shape index (κ2) is 8.27. The number of fused-ring (bicyclic) bond motifs is 2. The van der Waals surface area contributed by atoms with Gasteiger partial charge in [-0.05, 0) is 29.3 Å². The molecular formula is C24H19Cl2N3O4. The van der Waals surface area contributed by atoms with Crippen molar-refractivity contribution in [2.24, 2.45) is 0 Å². The van der Waals surface area contributed by atoms with Gasteiger partial charge in [0.15, 0.2) is 11.8 Å². The topological polar surface area (TPSA) is 89.5 Å². The van der Waals surface area contributed by atoms with Crippen molar-refractivity contribution in [1.29, 1.82) is 0 Å². The predicted molar refractivity (Wildman–Crippen MR) is 125 cm³/mol. The number of aliphatic hydroxyl groups excluding tert-OH is 1. The Bertz CT molecular complexity index is 1310. The number of hydrogen-bond acceptors (Lipinski definition) is 6. The lowest BCUT2D eigenvalue weighted by atomic mass is 10.0. The zero-order valence-corrected chi connectivity index (χ0v) is 18.8. The molecule has 4 aromatic rings. The molecule has 4 heterocycles. The van der Waals surface area contributed by atoms with E-state index in [-0.39, 0.29) is 24.9 Å². The highest BCUT2D eigenvalue weighted by Gasteiger charge is 2.48. The van der Waals surface area contributed by atoms with Crippen LogP contribution >= 0.6 is 23.2 Å². The van der Waals surface area contributed by atoms with E-state index >= 15 is 0 Å². The second-order valence-corrected chi connectivity index (χ2v) is 8.98. The summed E-state index contributed by atoms with van der Waals surface area (Å²) in [7, 11) is 0. The van der Waals surface area contributed by atoms with Gasteiger partial charge in [0.25, 0.3) is 6.01 Å². The van der Waals surface area contributed by atoms with Gasteiger partial charge < -0.3 is 24.3 Å². The van der Waals surface area contributed by atoms with Crippen LogP contribution in [0.3, 0.4) is 0 Å². The van der Waals surface area contributed by atoms with Crippen LogP contribution in [-0.4, -0.2) is 57.7 Å². The van der Waals surface area contributed by atoms with Crippen LogP contribution < -0.4 is 4.74 Å². The number of halogens is 2. The Morgan fingerprint density at radius 1 is 0.879 bits per heavy atom. The molecule has 2 aromatic heterocycles. The molecule has 9 heteroatoms. The number of benzene rings is 2. The molecule has 2 saturated heterocycles. The minimum Gasteiger partial charge on any atom is -0.456 e. The smallest absolute Gasteiger partial charge is 0.296 e. The number of rotatable bonds is 4. The van der Waals surface area contributed by atoms with E-state index in [2.05, 4.69) is 15.0 Å². The SMILES string of the molecule is O[C@@H]1CO[C@H]2[C@@H]1OC[C@H]2Oc1nc2nc(-c3ccc(-c4ccc(Cl)cc4)cc3)c(Cl)cc2[nH]1. The first-order valence-electron chi connectivity index (χ1n) is 10.6. The summed E-state index contributed by atoms with van der Waals surface area (Å²) in [5, 5.41) is 11.1. The standard InChI is InChI=1S/C24H19Cl2N3O4/c25-15-7-5-13(6-8-15)12-1-3-14(4-2-12)20-16(26)9-17-23(28-20)29-24(27-17)33-19-11-32-21-18(30)10-31-22(19)21/h1-9,18-19,21-22,30H,10-11H2,(H,27,28,29)/t18-,19-,21-,22-/m1/s1. The van der Waals surface area contributed by atoms with Crippen molar-refractivity contribution in [2.75, 3.05) is 13.2 Å². The molecule has 2 aliphatic heterocycles. The summed E-state index contributed by atoms with van der Waals surface area (Å²) >= 11 is 12.5. The molecule has 4 atom stereocenters. The maximum atomic E-state index is 9.90. The van der Waals surface area contributed by atoms with Gasteiger partial charge in [-0.2, -0.15) is 4.98 Å². The third-order valence-electron chi connectivity index (χ3n) is 5.99. The van der Waals surface area contributed by atoms with Crippen molar-refractivity contribution in [3.63, 3.8) is 0 Å². The van der Waals surface area contributed by atoms with Gasteiger partial charge in [-0.15, -0.1) is 0 Å². The molecule has 7 nitrogen and oxygen atoms in total. The van der Waals surface area contributed by atoms with E-state index in [1.165, 1.54) is 0 Å². The molecule has 0 radical (unpaired) electrons. The highest BCUT2D eigenvalue weighted by molar-refractivity contribution is 6.33. The number of aromatic amines is 1. The second-order valence-electron chi connectivity index (χ2n) is 8.14. The Morgan fingerprint density at radius 2 is 1.55 bits per heavy atom. The average Bonchev–Trinajstić information content (AvgIpc) is 3.51. The fraction of sp³-hybridized carbons (Fsp3) is 0.250. The number of aromatic nitrogens is 3. The van der Waals surface area contributed by atoms with Crippen LogP contribution in [0.25, 0.3) is 33.5 Å². The third kappa shape index (κ3) is 3.86. The normalized spacial score (nSPS) is 24.3. The number of ether oxygens (including phenoxy) is 3. The van der Waals surface area contributed by atoms with Crippen LogP contribution in [0.15, 0.2) is 54.6 Å². The van der Waals surface area contributed by atoms with E-state index in [4.69, 9.17) is 37.4 Å². The minimum absolute atomic E-state index is 0.243. The molecule has 33 heavy (non-hydrogen) atoms. The number of imidazole rings is 1. The number of nitrogens with one attached hydrogen (secondary N) is 1. The van der Waals surface area contributed by atoms with E-state index < -0.39 is 6.10 Å². The van der Waals surface area contributed by atoms with Crippen molar-refractivity contribution >= 4 is 34.4 Å². The van der Waals surface area contributed by atoms with Crippen LogP contribution in [0.5, 0.6) is 6.01 Å². The first kappa shape index (κ1) is 20.9. The quantitative estimate of drug-likeness (QED) is 0.443. The number of aliphatic hydroxyl groups is 1. The van der Waals surface area contributed by atoms with Gasteiger partial charge in [-0.3, -0.25) is 0 Å². The van der Waals surface area contributed by atoms with Crippen LogP contribution in [-0.2, 0) is 9.47 Å². The van der Waals surface area contributed by atoms with E-state index in [0.717, 1.165) is 16.7 Å². The summed E-state index contributed by atoms with van der Waals surface area (Å²) < 4.78 is 17.2. The first-order chi connectivity index (χ1) is 16.0. The van der Waals surface area contributed by atoms with Crippen molar-refractivity contribution in [2.45, 2.75) is 24.4 Å². The van der Waals surface area contributed by atoms with Gasteiger partial charge in [0, 0.05) is 10.6 Å². The number of H-pyrrole nitrogens is 1. The lowest BCUT2D eigenvalue weighted by Crippen LogP contribution is -2.34. The molecule has 0 bridgehead atoms. The van der Waals surface area contributed by atoms with E-state index in [0.29, 0.717) is 39.5 Å². The summed E-state index contributed by atoms with van der Waals surface area (Å²) in [6.45, 7) is 0.565. The molecule has 0 spiro atoms. The Labute approximate surface area is 199 Å². The predicted octanol–water partition coefficient (Wildman–Crippen LogP) is 4.50. The molecule has 2 N–H and O–H groups in total. The molecule has 0 unspecified atom stereocenters. The zero-order chi connectivity index (χ0) is 22.5. The molecule has 0 aliphatic carbocycles. The summed E-state index contributed by atoms with van der Waals surface area (Å²) in [6, 6.07) is 17.8. The summed E-state index contributed by atoms with van der Waals surface area (Å²) in [5.41, 5.74) is 4.82. The highest BCUT2D eigenvalue weighted by Crippen LogP contribution is 2.33. The monoisotopic (exact) mass is 483 g/mol. The lowest BCUT2D eigenvalue weighted by molar-refractivity contribution is 0.00706. The molecule has 6 rings (SSSR count). The van der Waals surface area contributed by atoms with Gasteiger partial charge >= 0.3 is 0 Å². The maximum Gasteiger partial charge on any atom is 0.296 e. The van der Waals surface area contributed by atoms with Crippen LogP contribution in [0.2, 0.25) is 10.0 Å². The van der Waals surface area contributed by atoms with E-state index in [1.807, 2.05) is 48.5 Å². The van der Waals surface area contributed by atoms with Crippen LogP contribution in [0, 0.1) is 0 Å². The van der Waals surface area contributed by atoms with E-state index in [9.17, 15) is 5.11 Å². The van der Waals surface area contributed by atoms with Gasteiger partial charge in [0.1, 0.15) is 18.3 Å². The average molecular weight is 484 g/mol. The van der Waals surface area contributed by atoms with Crippen LogP contribution in [0.1, 0.15) is 0 Å². The Hall–Kier alpha value is -2.68. The lowest BCUT2D eigenvalue weighted by Gasteiger charge is -2.15. The molecule has 2 aromatic carbocycles. The third-order valence-corrected chi connectivity index (χ3v) is 6.53. The maximum absolute atomic E-state index is 9.90. The summed E-state index contributed by atoms with van der Waals surface area (Å²) in [6.07, 6.45) is -1.68. The van der Waals surface area contributed by atoms with Gasteiger partial charge in [-0.1, -0.05) is 59.6 Å². The van der Waals surface area contributed by atoms with Gasteiger partial charge in [0.2, 0.25) is 0 Å². The van der Waals surface area contributed by atoms with Crippen molar-refractivity contribution in [1.82, 2.24) is 15.0 Å². The molecule has 0 saturated carbocycles. The van der Waals surface area contributed by atoms with Gasteiger partial charge in [-0.25, -0.2) is 4.98 Å². The van der Waals surface area contributed by atoms with Crippen molar-refractivity contribution in [3.8, 4) is 28.4 Å².